The quantitative estimate of drug-likeness (QED) is 0.443. The van der Waals surface area contributed by atoms with Crippen LogP contribution >= 0.6 is 0 Å². The first-order chi connectivity index (χ1) is 3.18. The minimum atomic E-state index is -0.514. The third kappa shape index (κ3) is 2.56. The van der Waals surface area contributed by atoms with E-state index >= 15 is 0 Å². The van der Waals surface area contributed by atoms with Crippen LogP contribution in [0.5, 0.6) is 0 Å². The molecular formula is C4H12N2O. The predicted molar refractivity (Wildman–Crippen MR) is 28.8 cm³/mol. The Morgan fingerprint density at radius 2 is 2.00 bits per heavy atom. The van der Waals surface area contributed by atoms with Crippen LogP contribution in [-0.4, -0.2) is 37.5 Å². The van der Waals surface area contributed by atoms with E-state index in [4.69, 9.17) is 5.11 Å². The van der Waals surface area contributed by atoms with E-state index in [0.717, 1.165) is 0 Å². The van der Waals surface area contributed by atoms with Gasteiger partial charge in [-0.25, -0.2) is 0 Å². The molecule has 0 aromatic rings. The van der Waals surface area contributed by atoms with Gasteiger partial charge in [-0.1, -0.05) is 0 Å². The number of hydrogen-bond donors (Lipinski definition) is 2. The van der Waals surface area contributed by atoms with E-state index in [1.807, 2.05) is 0 Å². The van der Waals surface area contributed by atoms with Crippen molar-refractivity contribution in [1.29, 1.82) is 0 Å². The van der Waals surface area contributed by atoms with Crippen LogP contribution in [0, 0.1) is 0 Å². The third-order valence-electron chi connectivity index (χ3n) is 0.747. The number of hydrogen-bond acceptors (Lipinski definition) is 3. The lowest BCUT2D eigenvalue weighted by atomic mass is 10.8. The second kappa shape index (κ2) is 2.96. The molecule has 0 aromatic carbocycles. The lowest BCUT2D eigenvalue weighted by molar-refractivity contribution is 0.0178. The van der Waals surface area contributed by atoms with Crippen molar-refractivity contribution in [2.75, 3.05) is 21.1 Å². The molecule has 0 spiro atoms. The molecule has 0 saturated heterocycles. The molecule has 0 aliphatic rings. The summed E-state index contributed by atoms with van der Waals surface area (Å²) >= 11 is 0. The maximum Gasteiger partial charge on any atom is 0.162 e. The molecule has 0 radical (unpaired) electrons. The van der Waals surface area contributed by atoms with Crippen LogP contribution in [0.1, 0.15) is 0 Å². The van der Waals surface area contributed by atoms with Crippen LogP contribution in [0.3, 0.4) is 0 Å². The first-order valence-electron chi connectivity index (χ1n) is 2.20. The fraction of sp³-hybridized carbons (Fsp3) is 1.00. The van der Waals surface area contributed by atoms with Crippen LogP contribution in [0.15, 0.2) is 0 Å². The number of aliphatic hydroxyl groups excluding tert-OH is 1. The largest absolute Gasteiger partial charge is 0.365 e. The Balaban J connectivity index is 3.14. The van der Waals surface area contributed by atoms with Crippen molar-refractivity contribution >= 4 is 0 Å². The highest BCUT2D eigenvalue weighted by Crippen LogP contribution is 1.75. The SMILES string of the molecule is CN[C@H](O)N(C)C. The van der Waals surface area contributed by atoms with E-state index in [1.165, 1.54) is 0 Å². The number of nitrogens with zero attached hydrogens (tertiary/aromatic N) is 1. The van der Waals surface area contributed by atoms with Gasteiger partial charge in [0, 0.05) is 0 Å². The zero-order valence-corrected chi connectivity index (χ0v) is 4.97. The lowest BCUT2D eigenvalue weighted by Crippen LogP contribution is -2.38. The second-order valence-corrected chi connectivity index (χ2v) is 1.63. The van der Waals surface area contributed by atoms with Crippen molar-refractivity contribution in [2.45, 2.75) is 6.35 Å². The van der Waals surface area contributed by atoms with Crippen molar-refractivity contribution in [1.82, 2.24) is 10.2 Å². The molecule has 0 aliphatic heterocycles. The third-order valence-corrected chi connectivity index (χ3v) is 0.747. The first kappa shape index (κ1) is 6.88. The van der Waals surface area contributed by atoms with Crippen LogP contribution in [0.25, 0.3) is 0 Å². The van der Waals surface area contributed by atoms with Gasteiger partial charge < -0.3 is 5.11 Å². The van der Waals surface area contributed by atoms with Crippen LogP contribution < -0.4 is 5.32 Å². The molecule has 1 atom stereocenters. The standard InChI is InChI=1S/C4H12N2O/c1-5-4(7)6(2)3/h4-5,7H,1-3H3/t4-/m0/s1. The molecule has 0 heterocycles. The smallest absolute Gasteiger partial charge is 0.162 e. The topological polar surface area (TPSA) is 35.5 Å². The van der Waals surface area contributed by atoms with Gasteiger partial charge in [-0.2, -0.15) is 0 Å². The second-order valence-electron chi connectivity index (χ2n) is 1.63. The highest BCUT2D eigenvalue weighted by atomic mass is 16.3. The Morgan fingerprint density at radius 3 is 2.00 bits per heavy atom. The van der Waals surface area contributed by atoms with Gasteiger partial charge in [-0.15, -0.1) is 0 Å². The van der Waals surface area contributed by atoms with E-state index in [1.54, 1.807) is 26.0 Å². The maximum absolute atomic E-state index is 8.75. The molecule has 0 saturated carbocycles. The van der Waals surface area contributed by atoms with E-state index < -0.39 is 6.35 Å². The van der Waals surface area contributed by atoms with Gasteiger partial charge in [0.05, 0.1) is 0 Å². The normalized spacial score (nSPS) is 15.0. The maximum atomic E-state index is 8.75. The summed E-state index contributed by atoms with van der Waals surface area (Å²) in [6.07, 6.45) is -0.514. The average molecular weight is 104 g/mol. The first-order valence-corrected chi connectivity index (χ1v) is 2.20. The summed E-state index contributed by atoms with van der Waals surface area (Å²) in [7, 11) is 5.28. The van der Waals surface area contributed by atoms with E-state index in [9.17, 15) is 0 Å². The monoisotopic (exact) mass is 104 g/mol. The summed E-state index contributed by atoms with van der Waals surface area (Å²) in [5, 5.41) is 11.4. The molecule has 0 fully saturated rings. The number of nitrogens with one attached hydrogen (secondary N) is 1. The molecule has 0 bridgehead atoms. The summed E-state index contributed by atoms with van der Waals surface area (Å²) in [5.41, 5.74) is 0. The van der Waals surface area contributed by atoms with Crippen LogP contribution in [0.2, 0.25) is 0 Å². The fourth-order valence-corrected chi connectivity index (χ4v) is 0.258. The predicted octanol–water partition coefficient (Wildman–Crippen LogP) is -0.957. The Hall–Kier alpha value is -0.120. The van der Waals surface area contributed by atoms with E-state index in [0.29, 0.717) is 0 Å². The van der Waals surface area contributed by atoms with Crippen molar-refractivity contribution in [3.8, 4) is 0 Å². The highest BCUT2D eigenvalue weighted by molar-refractivity contribution is 4.39. The summed E-state index contributed by atoms with van der Waals surface area (Å²) in [6, 6.07) is 0. The molecule has 0 aromatic heterocycles. The van der Waals surface area contributed by atoms with Crippen molar-refractivity contribution < 1.29 is 5.11 Å². The molecule has 3 heteroatoms. The summed E-state index contributed by atoms with van der Waals surface area (Å²) in [6.45, 7) is 0. The van der Waals surface area contributed by atoms with Gasteiger partial charge >= 0.3 is 0 Å². The molecule has 0 aliphatic carbocycles. The van der Waals surface area contributed by atoms with E-state index in [2.05, 4.69) is 5.32 Å². The fourth-order valence-electron chi connectivity index (χ4n) is 0.258. The van der Waals surface area contributed by atoms with Gasteiger partial charge in [0.15, 0.2) is 6.35 Å². The Bertz CT molecular complexity index is 47.0. The molecule has 0 unspecified atom stereocenters. The number of aliphatic hydroxyl groups is 1. The van der Waals surface area contributed by atoms with Gasteiger partial charge in [0.2, 0.25) is 0 Å². The van der Waals surface area contributed by atoms with Crippen LogP contribution in [0.4, 0.5) is 0 Å². The summed E-state index contributed by atoms with van der Waals surface area (Å²) < 4.78 is 0. The van der Waals surface area contributed by atoms with Crippen molar-refractivity contribution in [3.63, 3.8) is 0 Å². The molecule has 3 nitrogen and oxygen atoms in total. The molecule has 2 N–H and O–H groups in total. The average Bonchev–Trinajstić information content (AvgIpc) is 1.65. The Morgan fingerprint density at radius 1 is 1.57 bits per heavy atom. The van der Waals surface area contributed by atoms with Crippen molar-refractivity contribution in [2.24, 2.45) is 0 Å². The lowest BCUT2D eigenvalue weighted by Gasteiger charge is -2.16. The minimum absolute atomic E-state index is 0.514. The molecule has 7 heavy (non-hydrogen) atoms. The molecular weight excluding hydrogens is 92.1 g/mol. The summed E-state index contributed by atoms with van der Waals surface area (Å²) in [5.74, 6) is 0. The molecule has 44 valence electrons. The zero-order chi connectivity index (χ0) is 5.86. The zero-order valence-electron chi connectivity index (χ0n) is 4.97. The van der Waals surface area contributed by atoms with Crippen molar-refractivity contribution in [3.05, 3.63) is 0 Å². The van der Waals surface area contributed by atoms with E-state index in [-0.39, 0.29) is 0 Å². The molecule has 0 amide bonds. The highest BCUT2D eigenvalue weighted by Gasteiger charge is 1.97. The van der Waals surface area contributed by atoms with Gasteiger partial charge in [-0.05, 0) is 21.1 Å². The summed E-state index contributed by atoms with van der Waals surface area (Å²) in [4.78, 5) is 1.67. The van der Waals surface area contributed by atoms with Gasteiger partial charge in [0.1, 0.15) is 0 Å². The molecule has 0 rings (SSSR count). The Kier molecular flexibility index (Phi) is 2.91. The van der Waals surface area contributed by atoms with Gasteiger partial charge in [-0.3, -0.25) is 10.2 Å². The number of rotatable bonds is 2. The minimum Gasteiger partial charge on any atom is -0.365 e. The van der Waals surface area contributed by atoms with Crippen LogP contribution in [-0.2, 0) is 0 Å². The van der Waals surface area contributed by atoms with Gasteiger partial charge in [0.25, 0.3) is 0 Å². The Labute approximate surface area is 43.9 Å².